The fraction of sp³-hybridized carbons (Fsp3) is 0.105. The molecule has 0 heterocycles. The molecule has 2 aromatic rings. The van der Waals surface area contributed by atoms with E-state index in [2.05, 4.69) is 10.1 Å². The van der Waals surface area contributed by atoms with Gasteiger partial charge in [0.2, 0.25) is 0 Å². The number of para-hydroxylation sites is 1. The van der Waals surface area contributed by atoms with Gasteiger partial charge in [0.1, 0.15) is 12.3 Å². The van der Waals surface area contributed by atoms with Crippen LogP contribution < -0.4 is 5.32 Å². The van der Waals surface area contributed by atoms with Crippen molar-refractivity contribution in [3.8, 4) is 0 Å². The summed E-state index contributed by atoms with van der Waals surface area (Å²) in [7, 11) is 0. The lowest BCUT2D eigenvalue weighted by atomic mass is 10.1. The molecule has 0 saturated heterocycles. The topological polar surface area (TPSA) is 99.5 Å². The van der Waals surface area contributed by atoms with Gasteiger partial charge in [-0.1, -0.05) is 35.9 Å². The molecule has 152 valence electrons. The molecule has 0 fully saturated rings. The molecular weight excluding hydrogens is 413 g/mol. The van der Waals surface area contributed by atoms with E-state index in [0.29, 0.717) is 11.8 Å². The number of rotatable bonds is 6. The first-order chi connectivity index (χ1) is 13.6. The molecule has 3 N–H and O–H groups in total. The number of hydrogen-bond acceptors (Lipinski definition) is 6. The Bertz CT molecular complexity index is 957. The number of allylic oxidation sites excluding steroid dienone is 1. The first kappa shape index (κ1) is 22.1. The highest BCUT2D eigenvalue weighted by molar-refractivity contribution is 6.33. The minimum atomic E-state index is -4.86. The molecule has 29 heavy (non-hydrogen) atoms. The predicted molar refractivity (Wildman–Crippen MR) is 101 cm³/mol. The van der Waals surface area contributed by atoms with Crippen LogP contribution in [0.25, 0.3) is 5.70 Å². The van der Waals surface area contributed by atoms with E-state index < -0.39 is 30.4 Å². The Hall–Kier alpha value is -3.17. The van der Waals surface area contributed by atoms with Crippen LogP contribution in [-0.2, 0) is 9.53 Å². The number of anilines is 1. The van der Waals surface area contributed by atoms with Crippen molar-refractivity contribution in [1.29, 1.82) is 5.41 Å². The Kier molecular flexibility index (Phi) is 7.13. The van der Waals surface area contributed by atoms with E-state index in [4.69, 9.17) is 22.1 Å². The molecule has 0 aliphatic rings. The van der Waals surface area contributed by atoms with E-state index in [1.54, 1.807) is 18.2 Å². The van der Waals surface area contributed by atoms with Crippen LogP contribution in [0.4, 0.5) is 18.9 Å². The van der Waals surface area contributed by atoms with E-state index in [-0.39, 0.29) is 21.8 Å². The van der Waals surface area contributed by atoms with Crippen molar-refractivity contribution < 1.29 is 32.6 Å². The van der Waals surface area contributed by atoms with Gasteiger partial charge >= 0.3 is 18.1 Å². The zero-order valence-electron chi connectivity index (χ0n) is 14.6. The maximum absolute atomic E-state index is 12.8. The summed E-state index contributed by atoms with van der Waals surface area (Å²) in [6, 6.07) is 11.4. The van der Waals surface area contributed by atoms with E-state index in [1.807, 2.05) is 0 Å². The summed E-state index contributed by atoms with van der Waals surface area (Å²) in [6.45, 7) is -0.974. The molecule has 2 rings (SSSR count). The molecule has 2 aromatic carbocycles. The molecule has 0 radical (unpaired) electrons. The molecule has 6 nitrogen and oxygen atoms in total. The van der Waals surface area contributed by atoms with Gasteiger partial charge in [0.15, 0.2) is 0 Å². The van der Waals surface area contributed by atoms with Gasteiger partial charge < -0.3 is 15.2 Å². The Morgan fingerprint density at radius 3 is 2.24 bits per heavy atom. The lowest BCUT2D eigenvalue weighted by Crippen LogP contribution is -2.20. The number of ether oxygens (including phenoxy) is 1. The monoisotopic (exact) mass is 426 g/mol. The van der Waals surface area contributed by atoms with Gasteiger partial charge in [0.25, 0.3) is 0 Å². The fourth-order valence-corrected chi connectivity index (χ4v) is 2.29. The SMILES string of the molecule is N=C(/C=C(\Nc1ccccc1Cl)c1ccc(C(=O)OC(=O)CO)cc1)C(F)(F)F. The summed E-state index contributed by atoms with van der Waals surface area (Å²) in [5.41, 5.74) is -1.22. The number of aliphatic hydroxyl groups excluding tert-OH is 1. The first-order valence-electron chi connectivity index (χ1n) is 7.97. The number of benzene rings is 2. The summed E-state index contributed by atoms with van der Waals surface area (Å²) in [5.74, 6) is -2.16. The average molecular weight is 427 g/mol. The van der Waals surface area contributed by atoms with Gasteiger partial charge in [-0.25, -0.2) is 9.59 Å². The van der Waals surface area contributed by atoms with Crippen molar-refractivity contribution >= 4 is 40.6 Å². The van der Waals surface area contributed by atoms with Crippen molar-refractivity contribution in [2.24, 2.45) is 0 Å². The zero-order valence-corrected chi connectivity index (χ0v) is 15.3. The normalized spacial score (nSPS) is 11.7. The van der Waals surface area contributed by atoms with Crippen molar-refractivity contribution in [3.05, 3.63) is 70.8 Å². The molecular formula is C19H14ClF3N2O4. The lowest BCUT2D eigenvalue weighted by Gasteiger charge is -2.14. The fourth-order valence-electron chi connectivity index (χ4n) is 2.11. The first-order valence-corrected chi connectivity index (χ1v) is 8.35. The third-order valence-corrected chi connectivity index (χ3v) is 3.83. The zero-order chi connectivity index (χ0) is 21.6. The van der Waals surface area contributed by atoms with E-state index >= 15 is 0 Å². The molecule has 0 aliphatic carbocycles. The standard InChI is InChI=1S/C19H14ClF3N2O4/c20-13-3-1-2-4-14(13)25-15(9-16(24)19(21,22)23)11-5-7-12(8-6-11)18(28)29-17(27)10-26/h1-9,24-26H,10H2/b15-9-,24-16?. The van der Waals surface area contributed by atoms with Crippen LogP contribution in [0.1, 0.15) is 15.9 Å². The number of hydrogen-bond donors (Lipinski definition) is 3. The summed E-state index contributed by atoms with van der Waals surface area (Å²) in [5, 5.41) is 18.8. The van der Waals surface area contributed by atoms with Crippen molar-refractivity contribution in [2.75, 3.05) is 11.9 Å². The number of aliphatic hydroxyl groups is 1. The van der Waals surface area contributed by atoms with E-state index in [9.17, 15) is 22.8 Å². The average Bonchev–Trinajstić information content (AvgIpc) is 2.68. The van der Waals surface area contributed by atoms with Gasteiger partial charge in [0, 0.05) is 5.70 Å². The second kappa shape index (κ2) is 9.35. The molecule has 0 aromatic heterocycles. The second-order valence-corrected chi connectivity index (χ2v) is 5.98. The number of carbonyl (C=O) groups is 2. The largest absolute Gasteiger partial charge is 0.432 e. The van der Waals surface area contributed by atoms with E-state index in [1.165, 1.54) is 30.3 Å². The molecule has 0 amide bonds. The maximum Gasteiger partial charge on any atom is 0.432 e. The summed E-state index contributed by atoms with van der Waals surface area (Å²) in [4.78, 5) is 22.7. The van der Waals surface area contributed by atoms with E-state index in [0.717, 1.165) is 0 Å². The molecule has 0 unspecified atom stereocenters. The highest BCUT2D eigenvalue weighted by atomic mass is 35.5. The van der Waals surface area contributed by atoms with Crippen molar-refractivity contribution in [2.45, 2.75) is 6.18 Å². The van der Waals surface area contributed by atoms with Crippen LogP contribution in [0, 0.1) is 5.41 Å². The van der Waals surface area contributed by atoms with Crippen LogP contribution in [0.3, 0.4) is 0 Å². The lowest BCUT2D eigenvalue weighted by molar-refractivity contribution is -0.141. The van der Waals surface area contributed by atoms with Crippen LogP contribution in [0.15, 0.2) is 54.6 Å². The highest BCUT2D eigenvalue weighted by Crippen LogP contribution is 2.27. The summed E-state index contributed by atoms with van der Waals surface area (Å²) < 4.78 is 42.8. The van der Waals surface area contributed by atoms with Gasteiger partial charge in [-0.3, -0.25) is 5.41 Å². The quantitative estimate of drug-likeness (QED) is 0.367. The minimum absolute atomic E-state index is 0.0569. The predicted octanol–water partition coefficient (Wildman–Crippen LogP) is 4.05. The van der Waals surface area contributed by atoms with Crippen LogP contribution in [0.2, 0.25) is 5.02 Å². The Morgan fingerprint density at radius 2 is 1.69 bits per heavy atom. The number of carbonyl (C=O) groups excluding carboxylic acids is 2. The second-order valence-electron chi connectivity index (χ2n) is 5.57. The Balaban J connectivity index is 2.37. The van der Waals surface area contributed by atoms with Crippen LogP contribution in [-0.4, -0.2) is 35.5 Å². The molecule has 0 atom stereocenters. The number of halogens is 4. The third kappa shape index (κ3) is 6.16. The number of nitrogens with one attached hydrogen (secondary N) is 2. The summed E-state index contributed by atoms with van der Waals surface area (Å²) in [6.07, 6.45) is -4.27. The molecule has 0 spiro atoms. The van der Waals surface area contributed by atoms with Crippen molar-refractivity contribution in [3.63, 3.8) is 0 Å². The highest BCUT2D eigenvalue weighted by Gasteiger charge is 2.33. The molecule has 0 bridgehead atoms. The van der Waals surface area contributed by atoms with Gasteiger partial charge in [-0.05, 0) is 35.9 Å². The van der Waals surface area contributed by atoms with Gasteiger partial charge in [-0.2, -0.15) is 13.2 Å². The Labute approximate surface area is 168 Å². The van der Waals surface area contributed by atoms with Crippen LogP contribution >= 0.6 is 11.6 Å². The third-order valence-electron chi connectivity index (χ3n) is 3.50. The maximum atomic E-state index is 12.8. The van der Waals surface area contributed by atoms with Crippen molar-refractivity contribution in [1.82, 2.24) is 0 Å². The van der Waals surface area contributed by atoms with Gasteiger partial charge in [-0.15, -0.1) is 0 Å². The number of esters is 2. The Morgan fingerprint density at radius 1 is 1.10 bits per heavy atom. The minimum Gasteiger partial charge on any atom is -0.388 e. The summed E-state index contributed by atoms with van der Waals surface area (Å²) >= 11 is 6.03. The van der Waals surface area contributed by atoms with Gasteiger partial charge in [0.05, 0.1) is 16.3 Å². The van der Waals surface area contributed by atoms with Crippen LogP contribution in [0.5, 0.6) is 0 Å². The smallest absolute Gasteiger partial charge is 0.388 e. The molecule has 10 heteroatoms. The molecule has 0 aliphatic heterocycles. The molecule has 0 saturated carbocycles. The number of alkyl halides is 3.